The quantitative estimate of drug-likeness (QED) is 0.551. The van der Waals surface area contributed by atoms with Gasteiger partial charge in [-0.05, 0) is 37.3 Å². The zero-order valence-corrected chi connectivity index (χ0v) is 12.8. The Hall–Kier alpha value is -2.53. The standard InChI is InChI=1S/C16H15ClN4O/c1-2-22-15-8-7-12(17)9-11(15)10-18-21-16-19-13-5-3-4-6-14(13)20-16/h3-10H,2H2,1H3,(H2,19,20,21)/b18-10-. The molecule has 0 bridgehead atoms. The van der Waals surface area contributed by atoms with Crippen LogP contribution in [0.25, 0.3) is 11.0 Å². The van der Waals surface area contributed by atoms with Gasteiger partial charge in [-0.3, -0.25) is 0 Å². The Morgan fingerprint density at radius 2 is 2.18 bits per heavy atom. The third-order valence-electron chi connectivity index (χ3n) is 3.04. The van der Waals surface area contributed by atoms with Gasteiger partial charge in [0, 0.05) is 10.6 Å². The van der Waals surface area contributed by atoms with Crippen molar-refractivity contribution in [2.45, 2.75) is 6.92 Å². The van der Waals surface area contributed by atoms with Crippen molar-refractivity contribution in [3.63, 3.8) is 0 Å². The highest BCUT2D eigenvalue weighted by molar-refractivity contribution is 6.30. The Labute approximate surface area is 133 Å². The second-order valence-corrected chi connectivity index (χ2v) is 5.02. The van der Waals surface area contributed by atoms with Crippen molar-refractivity contribution in [1.82, 2.24) is 9.97 Å². The number of rotatable bonds is 5. The van der Waals surface area contributed by atoms with Crippen molar-refractivity contribution in [1.29, 1.82) is 0 Å². The van der Waals surface area contributed by atoms with Crippen LogP contribution in [0.1, 0.15) is 12.5 Å². The number of hydrogen-bond acceptors (Lipinski definition) is 4. The predicted octanol–water partition coefficient (Wildman–Crippen LogP) is 4.06. The van der Waals surface area contributed by atoms with E-state index in [9.17, 15) is 0 Å². The molecule has 0 unspecified atom stereocenters. The molecule has 6 heteroatoms. The highest BCUT2D eigenvalue weighted by atomic mass is 35.5. The van der Waals surface area contributed by atoms with Crippen LogP contribution in [-0.2, 0) is 0 Å². The molecule has 0 aliphatic heterocycles. The smallest absolute Gasteiger partial charge is 0.222 e. The normalized spacial score (nSPS) is 11.2. The first-order chi connectivity index (χ1) is 10.8. The van der Waals surface area contributed by atoms with Crippen LogP contribution in [0.5, 0.6) is 5.75 Å². The Morgan fingerprint density at radius 3 is 3.00 bits per heavy atom. The van der Waals surface area contributed by atoms with Crippen LogP contribution in [-0.4, -0.2) is 22.8 Å². The molecule has 2 N–H and O–H groups in total. The molecule has 0 radical (unpaired) electrons. The van der Waals surface area contributed by atoms with Gasteiger partial charge in [-0.1, -0.05) is 23.7 Å². The van der Waals surface area contributed by atoms with E-state index in [1.54, 1.807) is 18.3 Å². The molecular weight excluding hydrogens is 300 g/mol. The molecule has 0 spiro atoms. The Morgan fingerprint density at radius 1 is 1.32 bits per heavy atom. The van der Waals surface area contributed by atoms with Crippen LogP contribution in [0.4, 0.5) is 5.95 Å². The van der Waals surface area contributed by atoms with Gasteiger partial charge in [-0.25, -0.2) is 10.4 Å². The van der Waals surface area contributed by atoms with Crippen molar-refractivity contribution in [2.24, 2.45) is 5.10 Å². The third-order valence-corrected chi connectivity index (χ3v) is 3.27. The maximum atomic E-state index is 6.01. The van der Waals surface area contributed by atoms with Gasteiger partial charge in [0.1, 0.15) is 5.75 Å². The number of ether oxygens (including phenoxy) is 1. The first-order valence-electron chi connectivity index (χ1n) is 6.92. The van der Waals surface area contributed by atoms with E-state index in [1.165, 1.54) is 0 Å². The van der Waals surface area contributed by atoms with Gasteiger partial charge < -0.3 is 9.72 Å². The molecule has 2 aromatic carbocycles. The van der Waals surface area contributed by atoms with Crippen LogP contribution in [0.2, 0.25) is 5.02 Å². The number of para-hydroxylation sites is 2. The van der Waals surface area contributed by atoms with E-state index < -0.39 is 0 Å². The van der Waals surface area contributed by atoms with Gasteiger partial charge in [0.2, 0.25) is 5.95 Å². The predicted molar refractivity (Wildman–Crippen MR) is 89.9 cm³/mol. The summed E-state index contributed by atoms with van der Waals surface area (Å²) >= 11 is 6.01. The van der Waals surface area contributed by atoms with Gasteiger partial charge in [-0.15, -0.1) is 0 Å². The molecule has 0 fully saturated rings. The average molecular weight is 315 g/mol. The minimum absolute atomic E-state index is 0.581. The number of imidazole rings is 1. The number of H-pyrrole nitrogens is 1. The summed E-state index contributed by atoms with van der Waals surface area (Å²) in [5.41, 5.74) is 5.52. The summed E-state index contributed by atoms with van der Waals surface area (Å²) in [5, 5.41) is 4.82. The molecule has 0 amide bonds. The van der Waals surface area contributed by atoms with E-state index >= 15 is 0 Å². The zero-order valence-electron chi connectivity index (χ0n) is 12.0. The molecule has 5 nitrogen and oxygen atoms in total. The monoisotopic (exact) mass is 314 g/mol. The molecular formula is C16H15ClN4O. The number of nitrogens with zero attached hydrogens (tertiary/aromatic N) is 2. The molecule has 1 aromatic heterocycles. The minimum Gasteiger partial charge on any atom is -0.493 e. The van der Waals surface area contributed by atoms with Crippen LogP contribution < -0.4 is 10.2 Å². The molecule has 0 saturated heterocycles. The molecule has 112 valence electrons. The average Bonchev–Trinajstić information content (AvgIpc) is 2.92. The third kappa shape index (κ3) is 3.20. The fourth-order valence-corrected chi connectivity index (χ4v) is 2.26. The molecule has 3 rings (SSSR count). The molecule has 22 heavy (non-hydrogen) atoms. The summed E-state index contributed by atoms with van der Waals surface area (Å²) in [6, 6.07) is 13.2. The summed E-state index contributed by atoms with van der Waals surface area (Å²) < 4.78 is 5.54. The minimum atomic E-state index is 0.581. The first kappa shape index (κ1) is 14.4. The Bertz CT molecular complexity index is 780. The second-order valence-electron chi connectivity index (χ2n) is 4.59. The van der Waals surface area contributed by atoms with E-state index in [1.807, 2.05) is 37.3 Å². The lowest BCUT2D eigenvalue weighted by Gasteiger charge is -2.06. The van der Waals surface area contributed by atoms with Gasteiger partial charge in [-0.2, -0.15) is 5.10 Å². The van der Waals surface area contributed by atoms with Crippen LogP contribution >= 0.6 is 11.6 Å². The van der Waals surface area contributed by atoms with Crippen molar-refractivity contribution < 1.29 is 4.74 Å². The number of aromatic amines is 1. The van der Waals surface area contributed by atoms with Crippen molar-refractivity contribution in [3.8, 4) is 5.75 Å². The van der Waals surface area contributed by atoms with Gasteiger partial charge >= 0.3 is 0 Å². The molecule has 0 aliphatic carbocycles. The molecule has 0 atom stereocenters. The fraction of sp³-hybridized carbons (Fsp3) is 0.125. The summed E-state index contributed by atoms with van der Waals surface area (Å²) in [7, 11) is 0. The van der Waals surface area contributed by atoms with E-state index in [0.717, 1.165) is 22.3 Å². The lowest BCUT2D eigenvalue weighted by atomic mass is 10.2. The largest absolute Gasteiger partial charge is 0.493 e. The van der Waals surface area contributed by atoms with Gasteiger partial charge in [0.25, 0.3) is 0 Å². The number of benzene rings is 2. The Kier molecular flexibility index (Phi) is 4.25. The number of hydrazone groups is 1. The molecule has 3 aromatic rings. The summed E-state index contributed by atoms with van der Waals surface area (Å²) in [6.45, 7) is 2.52. The molecule has 0 saturated carbocycles. The van der Waals surface area contributed by atoms with Crippen LogP contribution in [0, 0.1) is 0 Å². The lowest BCUT2D eigenvalue weighted by Crippen LogP contribution is -1.98. The summed E-state index contributed by atoms with van der Waals surface area (Å²) in [6.07, 6.45) is 1.66. The maximum Gasteiger partial charge on any atom is 0.222 e. The second kappa shape index (κ2) is 6.49. The van der Waals surface area contributed by atoms with Crippen LogP contribution in [0.15, 0.2) is 47.6 Å². The molecule has 0 aliphatic rings. The number of aromatic nitrogens is 2. The van der Waals surface area contributed by atoms with Gasteiger partial charge in [0.15, 0.2) is 0 Å². The topological polar surface area (TPSA) is 62.3 Å². The number of halogens is 1. The number of anilines is 1. The number of hydrogen-bond donors (Lipinski definition) is 2. The Balaban J connectivity index is 1.78. The van der Waals surface area contributed by atoms with E-state index in [4.69, 9.17) is 16.3 Å². The summed E-state index contributed by atoms with van der Waals surface area (Å²) in [4.78, 5) is 7.52. The lowest BCUT2D eigenvalue weighted by molar-refractivity contribution is 0.340. The zero-order chi connectivity index (χ0) is 15.4. The van der Waals surface area contributed by atoms with E-state index in [2.05, 4.69) is 20.5 Å². The first-order valence-corrected chi connectivity index (χ1v) is 7.30. The van der Waals surface area contributed by atoms with Crippen LogP contribution in [0.3, 0.4) is 0 Å². The summed E-state index contributed by atoms with van der Waals surface area (Å²) in [5.74, 6) is 1.32. The SMILES string of the molecule is CCOc1ccc(Cl)cc1/C=N\Nc1nc2ccccc2[nH]1. The highest BCUT2D eigenvalue weighted by Crippen LogP contribution is 2.21. The van der Waals surface area contributed by atoms with Crippen molar-refractivity contribution in [2.75, 3.05) is 12.0 Å². The maximum absolute atomic E-state index is 6.01. The molecule has 1 heterocycles. The van der Waals surface area contributed by atoms with Crippen molar-refractivity contribution in [3.05, 3.63) is 53.1 Å². The van der Waals surface area contributed by atoms with E-state index in [-0.39, 0.29) is 0 Å². The number of nitrogens with one attached hydrogen (secondary N) is 2. The van der Waals surface area contributed by atoms with E-state index in [0.29, 0.717) is 17.6 Å². The van der Waals surface area contributed by atoms with Crippen molar-refractivity contribution >= 4 is 34.8 Å². The fourth-order valence-electron chi connectivity index (χ4n) is 2.08. The number of fused-ring (bicyclic) bond motifs is 1. The highest BCUT2D eigenvalue weighted by Gasteiger charge is 2.03. The van der Waals surface area contributed by atoms with Gasteiger partial charge in [0.05, 0.1) is 23.9 Å².